The van der Waals surface area contributed by atoms with Crippen LogP contribution in [0, 0.1) is 11.3 Å². The van der Waals surface area contributed by atoms with Crippen molar-refractivity contribution in [3.8, 4) is 6.07 Å². The Morgan fingerprint density at radius 1 is 1.50 bits per heavy atom. The third kappa shape index (κ3) is 3.76. The highest BCUT2D eigenvalue weighted by atomic mass is 19.3. The van der Waals surface area contributed by atoms with E-state index in [1.54, 1.807) is 0 Å². The van der Waals surface area contributed by atoms with E-state index in [1.165, 1.54) is 0 Å². The summed E-state index contributed by atoms with van der Waals surface area (Å²) >= 11 is 0. The molecule has 1 aromatic heterocycles. The fraction of sp³-hybridized carbons (Fsp3) is 0.600. The van der Waals surface area contributed by atoms with Crippen LogP contribution in [0.5, 0.6) is 0 Å². The summed E-state index contributed by atoms with van der Waals surface area (Å²) in [6.07, 6.45) is -1.59. The first kappa shape index (κ1) is 14.0. The van der Waals surface area contributed by atoms with Crippen molar-refractivity contribution in [3.05, 3.63) is 11.4 Å². The van der Waals surface area contributed by atoms with E-state index in [9.17, 15) is 13.6 Å². The van der Waals surface area contributed by atoms with Crippen LogP contribution in [0.25, 0.3) is 0 Å². The molecule has 0 saturated heterocycles. The fourth-order valence-corrected chi connectivity index (χ4v) is 1.52. The summed E-state index contributed by atoms with van der Waals surface area (Å²) in [7, 11) is 0. The second kappa shape index (κ2) is 6.64. The molecule has 1 aromatic rings. The summed E-state index contributed by atoms with van der Waals surface area (Å²) in [5.41, 5.74) is 4.49. The van der Waals surface area contributed by atoms with Crippen molar-refractivity contribution in [1.29, 1.82) is 5.26 Å². The monoisotopic (exact) mass is 257 g/mol. The van der Waals surface area contributed by atoms with E-state index < -0.39 is 12.3 Å². The Morgan fingerprint density at radius 2 is 2.22 bits per heavy atom. The molecule has 0 unspecified atom stereocenters. The molecule has 0 aliphatic heterocycles. The molecule has 98 valence electrons. The maximum Gasteiger partial charge on any atom is 0.281 e. The summed E-state index contributed by atoms with van der Waals surface area (Å²) in [4.78, 5) is 10.7. The lowest BCUT2D eigenvalue weighted by molar-refractivity contribution is -0.117. The number of unbranched alkanes of at least 4 members (excludes halogenated alkanes) is 2. The molecule has 1 amide bonds. The first-order valence-corrected chi connectivity index (χ1v) is 5.42. The van der Waals surface area contributed by atoms with E-state index in [0.29, 0.717) is 19.3 Å². The van der Waals surface area contributed by atoms with Crippen LogP contribution in [0.1, 0.15) is 37.1 Å². The number of primary amides is 1. The molecule has 0 radical (unpaired) electrons. The van der Waals surface area contributed by atoms with Gasteiger partial charge in [-0.1, -0.05) is 5.21 Å². The molecule has 0 aliphatic carbocycles. The van der Waals surface area contributed by atoms with Gasteiger partial charge in [-0.2, -0.15) is 5.26 Å². The van der Waals surface area contributed by atoms with Crippen LogP contribution in [0.2, 0.25) is 0 Å². The van der Waals surface area contributed by atoms with Crippen LogP contribution in [0.4, 0.5) is 8.78 Å². The number of nitriles is 1. The molecule has 0 aromatic carbocycles. The zero-order valence-corrected chi connectivity index (χ0v) is 9.64. The largest absolute Gasteiger partial charge is 0.369 e. The number of aromatic nitrogens is 3. The number of alkyl halides is 2. The Kier molecular flexibility index (Phi) is 5.17. The Hall–Kier alpha value is -2.04. The summed E-state index contributed by atoms with van der Waals surface area (Å²) in [5.74, 6) is -0.728. The highest BCUT2D eigenvalue weighted by Crippen LogP contribution is 2.22. The van der Waals surface area contributed by atoms with Crippen molar-refractivity contribution in [2.75, 3.05) is 0 Å². The van der Waals surface area contributed by atoms with E-state index in [1.807, 2.05) is 6.07 Å². The first-order valence-electron chi connectivity index (χ1n) is 5.42. The summed E-state index contributed by atoms with van der Waals surface area (Å²) in [6, 6.07) is 1.97. The number of nitrogens with two attached hydrogens (primary N) is 1. The van der Waals surface area contributed by atoms with E-state index in [0.717, 1.165) is 4.68 Å². The maximum absolute atomic E-state index is 12.8. The number of amides is 1. The van der Waals surface area contributed by atoms with Crippen molar-refractivity contribution in [3.63, 3.8) is 0 Å². The first-order chi connectivity index (χ1) is 8.56. The van der Waals surface area contributed by atoms with Crippen LogP contribution in [-0.2, 0) is 17.8 Å². The third-order valence-corrected chi connectivity index (χ3v) is 2.30. The zero-order valence-electron chi connectivity index (χ0n) is 9.64. The number of aryl methyl sites for hydroxylation is 1. The fourth-order valence-electron chi connectivity index (χ4n) is 1.52. The smallest absolute Gasteiger partial charge is 0.281 e. The minimum Gasteiger partial charge on any atom is -0.369 e. The van der Waals surface area contributed by atoms with Crippen LogP contribution in [0.3, 0.4) is 0 Å². The average Bonchev–Trinajstić information content (AvgIpc) is 2.66. The van der Waals surface area contributed by atoms with E-state index in [4.69, 9.17) is 11.0 Å². The van der Waals surface area contributed by atoms with Crippen LogP contribution < -0.4 is 5.73 Å². The number of rotatable bonds is 7. The molecule has 1 rings (SSSR count). The van der Waals surface area contributed by atoms with E-state index >= 15 is 0 Å². The number of nitrogens with zero attached hydrogens (tertiary/aromatic N) is 4. The van der Waals surface area contributed by atoms with Gasteiger partial charge >= 0.3 is 0 Å². The second-order valence-electron chi connectivity index (χ2n) is 3.70. The molecule has 18 heavy (non-hydrogen) atoms. The molecule has 0 saturated carbocycles. The van der Waals surface area contributed by atoms with Gasteiger partial charge in [0.15, 0.2) is 0 Å². The number of hydrogen-bond acceptors (Lipinski definition) is 4. The lowest BCUT2D eigenvalue weighted by atomic mass is 10.2. The predicted octanol–water partition coefficient (Wildman–Crippen LogP) is 0.937. The van der Waals surface area contributed by atoms with E-state index in [2.05, 4.69) is 10.3 Å². The van der Waals surface area contributed by atoms with Crippen molar-refractivity contribution < 1.29 is 13.6 Å². The topological polar surface area (TPSA) is 97.6 Å². The van der Waals surface area contributed by atoms with Gasteiger partial charge in [0.25, 0.3) is 6.43 Å². The molecule has 0 atom stereocenters. The summed E-state index contributed by atoms with van der Waals surface area (Å²) in [5, 5.41) is 15.5. The van der Waals surface area contributed by atoms with Gasteiger partial charge in [-0.05, 0) is 12.8 Å². The lowest BCUT2D eigenvalue weighted by Gasteiger charge is -2.05. The third-order valence-electron chi connectivity index (χ3n) is 2.30. The SMILES string of the molecule is N#CCCCCn1nnc(CC(N)=O)c1C(F)F. The highest BCUT2D eigenvalue weighted by Gasteiger charge is 2.22. The van der Waals surface area contributed by atoms with Gasteiger partial charge in [-0.3, -0.25) is 4.79 Å². The molecular weight excluding hydrogens is 244 g/mol. The number of hydrogen-bond donors (Lipinski definition) is 1. The van der Waals surface area contributed by atoms with Crippen molar-refractivity contribution >= 4 is 5.91 Å². The number of halogens is 2. The Balaban J connectivity index is 2.75. The van der Waals surface area contributed by atoms with Crippen LogP contribution in [-0.4, -0.2) is 20.9 Å². The summed E-state index contributed by atoms with van der Waals surface area (Å²) in [6.45, 7) is 0.243. The maximum atomic E-state index is 12.8. The van der Waals surface area contributed by atoms with Gasteiger partial charge in [0.1, 0.15) is 11.4 Å². The van der Waals surface area contributed by atoms with Crippen molar-refractivity contribution in [2.45, 2.75) is 38.7 Å². The van der Waals surface area contributed by atoms with Crippen molar-refractivity contribution in [1.82, 2.24) is 15.0 Å². The quantitative estimate of drug-likeness (QED) is 0.735. The zero-order chi connectivity index (χ0) is 13.5. The molecule has 0 aliphatic rings. The second-order valence-corrected chi connectivity index (χ2v) is 3.70. The molecular formula is C10H13F2N5O. The summed E-state index contributed by atoms with van der Waals surface area (Å²) < 4.78 is 26.8. The molecule has 6 nitrogen and oxygen atoms in total. The number of carbonyl (C=O) groups excluding carboxylic acids is 1. The van der Waals surface area contributed by atoms with Gasteiger partial charge in [0, 0.05) is 13.0 Å². The molecule has 0 fully saturated rings. The molecule has 1 heterocycles. The van der Waals surface area contributed by atoms with Gasteiger partial charge < -0.3 is 5.73 Å². The normalized spacial score (nSPS) is 10.6. The van der Waals surface area contributed by atoms with Crippen LogP contribution >= 0.6 is 0 Å². The molecule has 2 N–H and O–H groups in total. The Bertz CT molecular complexity index is 452. The predicted molar refractivity (Wildman–Crippen MR) is 57.3 cm³/mol. The minimum absolute atomic E-state index is 0.0854. The van der Waals surface area contributed by atoms with Crippen molar-refractivity contribution in [2.24, 2.45) is 5.73 Å². The standard InChI is InChI=1S/C10H13F2N5O/c11-10(12)9-7(6-8(14)18)15-16-17(9)5-3-1-2-4-13/h10H,1-3,5-6H2,(H2,14,18). The average molecular weight is 257 g/mol. The minimum atomic E-state index is -2.76. The molecule has 8 heteroatoms. The molecule has 0 bridgehead atoms. The lowest BCUT2D eigenvalue weighted by Crippen LogP contribution is -2.16. The van der Waals surface area contributed by atoms with Gasteiger partial charge in [0.05, 0.1) is 12.5 Å². The Morgan fingerprint density at radius 3 is 2.78 bits per heavy atom. The van der Waals surface area contributed by atoms with Gasteiger partial charge in [0.2, 0.25) is 5.91 Å². The highest BCUT2D eigenvalue weighted by molar-refractivity contribution is 5.76. The number of carbonyl (C=O) groups is 1. The Labute approximate surface area is 102 Å². The van der Waals surface area contributed by atoms with Gasteiger partial charge in [-0.15, -0.1) is 5.10 Å². The molecule has 0 spiro atoms. The van der Waals surface area contributed by atoms with Gasteiger partial charge in [-0.25, -0.2) is 13.5 Å². The van der Waals surface area contributed by atoms with Crippen LogP contribution in [0.15, 0.2) is 0 Å². The van der Waals surface area contributed by atoms with E-state index in [-0.39, 0.29) is 24.4 Å².